The highest BCUT2D eigenvalue weighted by Crippen LogP contribution is 2.39. The average Bonchev–Trinajstić information content (AvgIpc) is 3.12. The molecule has 4 rings (SSSR count). The molecule has 0 saturated carbocycles. The minimum absolute atomic E-state index is 0.285. The van der Waals surface area contributed by atoms with Crippen LogP contribution in [0.1, 0.15) is 28.4 Å². The van der Waals surface area contributed by atoms with Crippen LogP contribution in [0, 0.1) is 6.92 Å². The summed E-state index contributed by atoms with van der Waals surface area (Å²) in [5.41, 5.74) is 4.08. The maximum atomic E-state index is 12.8. The number of hydrogen-bond donors (Lipinski definition) is 0. The molecule has 0 N–H and O–H groups in total. The van der Waals surface area contributed by atoms with Gasteiger partial charge >= 0.3 is 5.97 Å². The van der Waals surface area contributed by atoms with Gasteiger partial charge in [0.15, 0.2) is 0 Å². The van der Waals surface area contributed by atoms with Crippen molar-refractivity contribution in [1.29, 1.82) is 0 Å². The fourth-order valence-corrected chi connectivity index (χ4v) is 3.69. The predicted molar refractivity (Wildman–Crippen MR) is 121 cm³/mol. The minimum atomic E-state index is -0.415. The summed E-state index contributed by atoms with van der Waals surface area (Å²) in [6.45, 7) is 4.54. The van der Waals surface area contributed by atoms with Crippen LogP contribution in [-0.4, -0.2) is 12.6 Å². The fraction of sp³-hybridized carbons (Fsp3) is 0.160. The molecule has 0 unspecified atom stereocenters. The fourth-order valence-electron chi connectivity index (χ4n) is 3.25. The zero-order valence-corrected chi connectivity index (χ0v) is 18.4. The van der Waals surface area contributed by atoms with Crippen LogP contribution in [0.25, 0.3) is 22.3 Å². The van der Waals surface area contributed by atoms with Gasteiger partial charge < -0.3 is 13.9 Å². The number of hydrogen-bond acceptors (Lipinski definition) is 4. The van der Waals surface area contributed by atoms with E-state index in [1.807, 2.05) is 54.6 Å². The molecule has 1 aromatic heterocycles. The number of carbonyl (C=O) groups excluding carboxylic acids is 1. The lowest BCUT2D eigenvalue weighted by Gasteiger charge is -2.09. The Balaban J connectivity index is 1.76. The molecule has 30 heavy (non-hydrogen) atoms. The van der Waals surface area contributed by atoms with Crippen molar-refractivity contribution in [2.24, 2.45) is 0 Å². The zero-order valence-electron chi connectivity index (χ0n) is 16.8. The molecule has 152 valence electrons. The van der Waals surface area contributed by atoms with Crippen LogP contribution < -0.4 is 4.74 Å². The van der Waals surface area contributed by atoms with Crippen molar-refractivity contribution in [3.63, 3.8) is 0 Å². The molecule has 3 aromatic carbocycles. The number of benzene rings is 3. The van der Waals surface area contributed by atoms with Gasteiger partial charge in [0, 0.05) is 10.9 Å². The second kappa shape index (κ2) is 8.76. The Morgan fingerprint density at radius 2 is 1.77 bits per heavy atom. The predicted octanol–water partition coefficient (Wildman–Crippen LogP) is 6.93. The second-order valence-electron chi connectivity index (χ2n) is 6.95. The number of ether oxygens (including phenoxy) is 2. The van der Waals surface area contributed by atoms with Crippen LogP contribution in [0.5, 0.6) is 5.75 Å². The van der Waals surface area contributed by atoms with E-state index in [-0.39, 0.29) is 6.61 Å². The largest absolute Gasteiger partial charge is 0.488 e. The maximum absolute atomic E-state index is 12.8. The summed E-state index contributed by atoms with van der Waals surface area (Å²) >= 11 is 3.56. The molecule has 0 bridgehead atoms. The molecule has 4 nitrogen and oxygen atoms in total. The number of halogens is 1. The normalized spacial score (nSPS) is 10.9. The molecule has 0 atom stereocenters. The molecule has 0 fully saturated rings. The van der Waals surface area contributed by atoms with E-state index in [0.717, 1.165) is 15.6 Å². The summed E-state index contributed by atoms with van der Waals surface area (Å²) in [5.74, 6) is 0.711. The molecule has 0 spiro atoms. The van der Waals surface area contributed by atoms with Crippen molar-refractivity contribution in [2.45, 2.75) is 20.5 Å². The quantitative estimate of drug-likeness (QED) is 0.290. The average molecular weight is 465 g/mol. The van der Waals surface area contributed by atoms with E-state index in [9.17, 15) is 4.79 Å². The second-order valence-corrected chi connectivity index (χ2v) is 7.80. The first kappa shape index (κ1) is 20.2. The molecule has 0 aliphatic carbocycles. The van der Waals surface area contributed by atoms with E-state index in [4.69, 9.17) is 13.9 Å². The Morgan fingerprint density at radius 1 is 1.03 bits per heavy atom. The van der Waals surface area contributed by atoms with Gasteiger partial charge in [-0.3, -0.25) is 0 Å². The molecule has 0 aliphatic heterocycles. The van der Waals surface area contributed by atoms with Gasteiger partial charge in [0.25, 0.3) is 0 Å². The summed E-state index contributed by atoms with van der Waals surface area (Å²) in [6, 6.07) is 21.4. The van der Waals surface area contributed by atoms with Gasteiger partial charge in [-0.2, -0.15) is 0 Å². The molecule has 0 saturated heterocycles. The molecule has 0 radical (unpaired) electrons. The summed E-state index contributed by atoms with van der Waals surface area (Å²) in [4.78, 5) is 12.8. The van der Waals surface area contributed by atoms with Gasteiger partial charge in [-0.1, -0.05) is 60.2 Å². The van der Waals surface area contributed by atoms with Crippen LogP contribution in [0.2, 0.25) is 0 Å². The Morgan fingerprint density at radius 3 is 2.47 bits per heavy atom. The van der Waals surface area contributed by atoms with E-state index in [1.54, 1.807) is 6.92 Å². The van der Waals surface area contributed by atoms with Crippen LogP contribution in [0.3, 0.4) is 0 Å². The third-order valence-electron chi connectivity index (χ3n) is 4.77. The zero-order chi connectivity index (χ0) is 21.1. The monoisotopic (exact) mass is 464 g/mol. The number of fused-ring (bicyclic) bond motifs is 1. The van der Waals surface area contributed by atoms with Gasteiger partial charge in [0.05, 0.1) is 11.1 Å². The molecule has 1 heterocycles. The van der Waals surface area contributed by atoms with Gasteiger partial charge in [0.2, 0.25) is 0 Å². The number of rotatable bonds is 6. The van der Waals surface area contributed by atoms with Crippen LogP contribution in [0.4, 0.5) is 0 Å². The first-order valence-electron chi connectivity index (χ1n) is 9.73. The number of aryl methyl sites for hydroxylation is 1. The van der Waals surface area contributed by atoms with Crippen molar-refractivity contribution in [1.82, 2.24) is 0 Å². The van der Waals surface area contributed by atoms with Crippen molar-refractivity contribution in [3.8, 4) is 17.1 Å². The molecular weight excluding hydrogens is 444 g/mol. The first-order valence-corrected chi connectivity index (χ1v) is 10.5. The summed E-state index contributed by atoms with van der Waals surface area (Å²) < 4.78 is 18.2. The first-order chi connectivity index (χ1) is 14.6. The van der Waals surface area contributed by atoms with Crippen molar-refractivity contribution in [3.05, 3.63) is 87.9 Å². The smallest absolute Gasteiger partial charge is 0.342 e. The van der Waals surface area contributed by atoms with Crippen LogP contribution in [0.15, 0.2) is 75.6 Å². The Kier molecular flexibility index (Phi) is 5.91. The lowest BCUT2D eigenvalue weighted by atomic mass is 10.1. The Hall–Kier alpha value is -3.05. The Bertz CT molecular complexity index is 1180. The van der Waals surface area contributed by atoms with Crippen LogP contribution in [-0.2, 0) is 11.3 Å². The molecule has 0 aliphatic rings. The van der Waals surface area contributed by atoms with Gasteiger partial charge in [-0.15, -0.1) is 0 Å². The lowest BCUT2D eigenvalue weighted by molar-refractivity contribution is 0.0528. The van der Waals surface area contributed by atoms with E-state index >= 15 is 0 Å². The molecular formula is C25H21BrO4. The van der Waals surface area contributed by atoms with Gasteiger partial charge in [-0.05, 0) is 47.5 Å². The van der Waals surface area contributed by atoms with E-state index in [2.05, 4.69) is 35.0 Å². The highest BCUT2D eigenvalue weighted by atomic mass is 79.9. The standard InChI is InChI=1S/C25H21BrO4/c1-3-28-25(27)23-19-13-22(29-15-17-11-9-16(2)10-12-17)20(26)14-21(19)30-24(23)18-7-5-4-6-8-18/h4-14H,3,15H2,1-2H3. The van der Waals surface area contributed by atoms with Gasteiger partial charge in [-0.25, -0.2) is 4.79 Å². The summed E-state index contributed by atoms with van der Waals surface area (Å²) in [7, 11) is 0. The lowest BCUT2D eigenvalue weighted by Crippen LogP contribution is -2.05. The van der Waals surface area contributed by atoms with Crippen LogP contribution >= 0.6 is 15.9 Å². The van der Waals surface area contributed by atoms with E-state index in [1.165, 1.54) is 5.56 Å². The third kappa shape index (κ3) is 4.12. The molecule has 4 aromatic rings. The maximum Gasteiger partial charge on any atom is 0.342 e. The molecule has 5 heteroatoms. The topological polar surface area (TPSA) is 48.7 Å². The third-order valence-corrected chi connectivity index (χ3v) is 5.39. The SMILES string of the molecule is CCOC(=O)c1c(-c2ccccc2)oc2cc(Br)c(OCc3ccc(C)cc3)cc12. The highest BCUT2D eigenvalue weighted by molar-refractivity contribution is 9.10. The van der Waals surface area contributed by atoms with E-state index < -0.39 is 5.97 Å². The van der Waals surface area contributed by atoms with Crippen molar-refractivity contribution in [2.75, 3.05) is 6.61 Å². The number of furan rings is 1. The van der Waals surface area contributed by atoms with Crippen molar-refractivity contribution >= 4 is 32.9 Å². The summed E-state index contributed by atoms with van der Waals surface area (Å²) in [5, 5.41) is 0.661. The van der Waals surface area contributed by atoms with Gasteiger partial charge in [0.1, 0.15) is 29.3 Å². The Labute approximate surface area is 183 Å². The summed E-state index contributed by atoms with van der Waals surface area (Å²) in [6.07, 6.45) is 0. The van der Waals surface area contributed by atoms with Crippen molar-refractivity contribution < 1.29 is 18.7 Å². The highest BCUT2D eigenvalue weighted by Gasteiger charge is 2.24. The number of carbonyl (C=O) groups is 1. The molecule has 0 amide bonds. The van der Waals surface area contributed by atoms with E-state index in [0.29, 0.717) is 34.6 Å². The minimum Gasteiger partial charge on any atom is -0.488 e. The number of esters is 1.